The van der Waals surface area contributed by atoms with Crippen molar-refractivity contribution in [3.05, 3.63) is 51.8 Å². The Kier molecular flexibility index (Phi) is 6.53. The average Bonchev–Trinajstić information content (AvgIpc) is 3.07. The summed E-state index contributed by atoms with van der Waals surface area (Å²) in [5, 5.41) is 9.11. The van der Waals surface area contributed by atoms with E-state index in [9.17, 15) is 4.79 Å². The molecule has 158 valence electrons. The Balaban J connectivity index is 1.50. The highest BCUT2D eigenvalue weighted by Crippen LogP contribution is 2.29. The molecule has 1 aliphatic rings. The van der Waals surface area contributed by atoms with Crippen molar-refractivity contribution in [1.29, 1.82) is 0 Å². The van der Waals surface area contributed by atoms with Crippen LogP contribution in [-0.2, 0) is 11.3 Å². The summed E-state index contributed by atoms with van der Waals surface area (Å²) in [4.78, 5) is 19.6. The van der Waals surface area contributed by atoms with Gasteiger partial charge in [0.2, 0.25) is 0 Å². The predicted octanol–water partition coefficient (Wildman–Crippen LogP) is 4.02. The van der Waals surface area contributed by atoms with Crippen LogP contribution in [0, 0.1) is 6.92 Å². The SMILES string of the molecule is Cc1nn(CCCN2CCOCC2)c2ncc(C(=O)Nc3ccc(Cl)cc3)c(Cl)c12. The molecule has 1 N–H and O–H groups in total. The molecule has 30 heavy (non-hydrogen) atoms. The Morgan fingerprint density at radius 3 is 2.63 bits per heavy atom. The first-order valence-corrected chi connectivity index (χ1v) is 10.7. The zero-order valence-electron chi connectivity index (χ0n) is 16.7. The number of nitrogens with one attached hydrogen (secondary N) is 1. The second-order valence-electron chi connectivity index (χ2n) is 7.26. The van der Waals surface area contributed by atoms with Crippen LogP contribution in [0.15, 0.2) is 30.5 Å². The lowest BCUT2D eigenvalue weighted by atomic mass is 10.2. The van der Waals surface area contributed by atoms with Gasteiger partial charge in [-0.15, -0.1) is 0 Å². The van der Waals surface area contributed by atoms with E-state index >= 15 is 0 Å². The van der Waals surface area contributed by atoms with Crippen LogP contribution in [0.5, 0.6) is 0 Å². The molecule has 3 heterocycles. The van der Waals surface area contributed by atoms with Gasteiger partial charge in [0.1, 0.15) is 0 Å². The van der Waals surface area contributed by atoms with Crippen molar-refractivity contribution < 1.29 is 9.53 Å². The topological polar surface area (TPSA) is 72.3 Å². The molecule has 1 saturated heterocycles. The third-order valence-corrected chi connectivity index (χ3v) is 5.81. The zero-order chi connectivity index (χ0) is 21.1. The van der Waals surface area contributed by atoms with Crippen LogP contribution in [-0.4, -0.2) is 58.4 Å². The van der Waals surface area contributed by atoms with E-state index in [1.807, 2.05) is 11.6 Å². The van der Waals surface area contributed by atoms with E-state index in [1.165, 1.54) is 6.20 Å². The molecule has 9 heteroatoms. The van der Waals surface area contributed by atoms with Crippen molar-refractivity contribution in [3.63, 3.8) is 0 Å². The van der Waals surface area contributed by atoms with Gasteiger partial charge < -0.3 is 10.1 Å². The third kappa shape index (κ3) is 4.59. The van der Waals surface area contributed by atoms with Gasteiger partial charge in [-0.1, -0.05) is 23.2 Å². The van der Waals surface area contributed by atoms with Crippen molar-refractivity contribution in [2.24, 2.45) is 0 Å². The monoisotopic (exact) mass is 447 g/mol. The first kappa shape index (κ1) is 21.1. The molecule has 1 aromatic carbocycles. The average molecular weight is 448 g/mol. The van der Waals surface area contributed by atoms with Gasteiger partial charge in [-0.05, 0) is 37.6 Å². The molecule has 0 spiro atoms. The predicted molar refractivity (Wildman–Crippen MR) is 119 cm³/mol. The summed E-state index contributed by atoms with van der Waals surface area (Å²) < 4.78 is 7.26. The van der Waals surface area contributed by atoms with Gasteiger partial charge in [0.05, 0.1) is 34.9 Å². The normalized spacial score (nSPS) is 14.9. The molecule has 0 radical (unpaired) electrons. The van der Waals surface area contributed by atoms with Crippen molar-refractivity contribution in [1.82, 2.24) is 19.7 Å². The number of rotatable bonds is 6. The number of anilines is 1. The molecule has 1 amide bonds. The highest BCUT2D eigenvalue weighted by Gasteiger charge is 2.20. The van der Waals surface area contributed by atoms with Crippen LogP contribution in [0.25, 0.3) is 11.0 Å². The quantitative estimate of drug-likeness (QED) is 0.617. The number of amides is 1. The van der Waals surface area contributed by atoms with Crippen LogP contribution >= 0.6 is 23.2 Å². The standard InChI is InChI=1S/C21H23Cl2N5O2/c1-14-18-19(23)17(21(29)25-16-5-3-15(22)4-6-16)13-24-20(18)28(26-14)8-2-7-27-9-11-30-12-10-27/h3-6,13H,2,7-12H2,1H3,(H,25,29). The number of nitrogens with zero attached hydrogens (tertiary/aromatic N) is 4. The van der Waals surface area contributed by atoms with Crippen molar-refractivity contribution >= 4 is 45.8 Å². The van der Waals surface area contributed by atoms with E-state index in [0.29, 0.717) is 32.3 Å². The molecule has 1 fully saturated rings. The van der Waals surface area contributed by atoms with E-state index < -0.39 is 0 Å². The first-order valence-electron chi connectivity index (χ1n) is 9.91. The summed E-state index contributed by atoms with van der Waals surface area (Å²) in [6.07, 6.45) is 2.46. The third-order valence-electron chi connectivity index (χ3n) is 5.17. The summed E-state index contributed by atoms with van der Waals surface area (Å²) >= 11 is 12.5. The minimum absolute atomic E-state index is 0.315. The molecule has 1 aliphatic heterocycles. The molecular weight excluding hydrogens is 425 g/mol. The van der Waals surface area contributed by atoms with E-state index in [4.69, 9.17) is 27.9 Å². The fraction of sp³-hybridized carbons (Fsp3) is 0.381. The molecule has 2 aromatic heterocycles. The Morgan fingerprint density at radius 2 is 1.90 bits per heavy atom. The second-order valence-corrected chi connectivity index (χ2v) is 8.08. The lowest BCUT2D eigenvalue weighted by Crippen LogP contribution is -2.37. The van der Waals surface area contributed by atoms with E-state index in [1.54, 1.807) is 24.3 Å². The Morgan fingerprint density at radius 1 is 1.17 bits per heavy atom. The maximum absolute atomic E-state index is 12.7. The highest BCUT2D eigenvalue weighted by molar-refractivity contribution is 6.39. The fourth-order valence-corrected chi connectivity index (χ4v) is 4.07. The first-order chi connectivity index (χ1) is 14.5. The van der Waals surface area contributed by atoms with Gasteiger partial charge in [0.15, 0.2) is 5.65 Å². The molecule has 0 unspecified atom stereocenters. The number of carbonyl (C=O) groups is 1. The van der Waals surface area contributed by atoms with E-state index in [0.717, 1.165) is 51.5 Å². The van der Waals surface area contributed by atoms with E-state index in [-0.39, 0.29) is 5.91 Å². The van der Waals surface area contributed by atoms with Crippen LogP contribution in [0.4, 0.5) is 5.69 Å². The second kappa shape index (κ2) is 9.31. The zero-order valence-corrected chi connectivity index (χ0v) is 18.2. The summed E-state index contributed by atoms with van der Waals surface area (Å²) in [7, 11) is 0. The number of carbonyl (C=O) groups excluding carboxylic acids is 1. The number of ether oxygens (including phenoxy) is 1. The minimum atomic E-state index is -0.323. The molecular formula is C21H23Cl2N5O2. The number of hydrogen-bond donors (Lipinski definition) is 1. The minimum Gasteiger partial charge on any atom is -0.379 e. The maximum Gasteiger partial charge on any atom is 0.258 e. The van der Waals surface area contributed by atoms with Crippen LogP contribution in [0.1, 0.15) is 22.5 Å². The number of benzene rings is 1. The lowest BCUT2D eigenvalue weighted by molar-refractivity contribution is 0.0368. The molecule has 0 saturated carbocycles. The highest BCUT2D eigenvalue weighted by atomic mass is 35.5. The Bertz CT molecular complexity index is 1050. The number of hydrogen-bond acceptors (Lipinski definition) is 5. The number of aromatic nitrogens is 3. The number of fused-ring (bicyclic) bond motifs is 1. The molecule has 0 bridgehead atoms. The van der Waals surface area contributed by atoms with Crippen LogP contribution in [0.2, 0.25) is 10.0 Å². The van der Waals surface area contributed by atoms with Crippen LogP contribution < -0.4 is 5.32 Å². The van der Waals surface area contributed by atoms with Crippen LogP contribution in [0.3, 0.4) is 0 Å². The smallest absolute Gasteiger partial charge is 0.258 e. The Hall–Kier alpha value is -2.19. The summed E-state index contributed by atoms with van der Waals surface area (Å²) in [6, 6.07) is 6.90. The molecule has 0 atom stereocenters. The lowest BCUT2D eigenvalue weighted by Gasteiger charge is -2.26. The van der Waals surface area contributed by atoms with Gasteiger partial charge in [-0.2, -0.15) is 5.10 Å². The Labute approximate surface area is 184 Å². The number of aryl methyl sites for hydroxylation is 2. The van der Waals surface area contributed by atoms with Gasteiger partial charge in [-0.25, -0.2) is 9.67 Å². The molecule has 4 rings (SSSR count). The maximum atomic E-state index is 12.7. The van der Waals surface area contributed by atoms with Crippen molar-refractivity contribution in [2.45, 2.75) is 19.9 Å². The van der Waals surface area contributed by atoms with Gasteiger partial charge in [0, 0.05) is 43.1 Å². The van der Waals surface area contributed by atoms with Gasteiger partial charge in [-0.3, -0.25) is 9.69 Å². The van der Waals surface area contributed by atoms with Gasteiger partial charge >= 0.3 is 0 Å². The summed E-state index contributed by atoms with van der Waals surface area (Å²) in [6.45, 7) is 7.13. The largest absolute Gasteiger partial charge is 0.379 e. The number of pyridine rings is 1. The summed E-state index contributed by atoms with van der Waals surface area (Å²) in [5.41, 5.74) is 2.41. The fourth-order valence-electron chi connectivity index (χ4n) is 3.59. The van der Waals surface area contributed by atoms with Crippen molar-refractivity contribution in [2.75, 3.05) is 38.2 Å². The molecule has 7 nitrogen and oxygen atoms in total. The molecule has 3 aromatic rings. The summed E-state index contributed by atoms with van der Waals surface area (Å²) in [5.74, 6) is -0.323. The van der Waals surface area contributed by atoms with Crippen molar-refractivity contribution in [3.8, 4) is 0 Å². The molecule has 0 aliphatic carbocycles. The van der Waals surface area contributed by atoms with E-state index in [2.05, 4.69) is 20.3 Å². The van der Waals surface area contributed by atoms with Gasteiger partial charge in [0.25, 0.3) is 5.91 Å². The number of morpholine rings is 1. The number of halogens is 2.